The van der Waals surface area contributed by atoms with Gasteiger partial charge in [-0.25, -0.2) is 4.39 Å². The first-order chi connectivity index (χ1) is 10.1. The van der Waals surface area contributed by atoms with Crippen molar-refractivity contribution in [3.05, 3.63) is 35.8 Å². The lowest BCUT2D eigenvalue weighted by Gasteiger charge is -2.04. The Morgan fingerprint density at radius 1 is 1.38 bits per heavy atom. The second kappa shape index (κ2) is 7.12. The van der Waals surface area contributed by atoms with Crippen LogP contribution in [0.4, 0.5) is 4.39 Å². The molecule has 0 fully saturated rings. The van der Waals surface area contributed by atoms with E-state index in [-0.39, 0.29) is 23.9 Å². The number of fused-ring (bicyclic) bond motifs is 1. The molecule has 1 heterocycles. The number of carbonyl (C=O) groups excluding carboxylic acids is 1. The molecule has 2 aromatic rings. The molecule has 7 heteroatoms. The number of hydrogen-bond acceptors (Lipinski definition) is 3. The largest absolute Gasteiger partial charge is 0.481 e. The Morgan fingerprint density at radius 2 is 2.19 bits per heavy atom. The van der Waals surface area contributed by atoms with Gasteiger partial charge in [0.05, 0.1) is 12.2 Å². The highest BCUT2D eigenvalue weighted by Gasteiger charge is 2.09. The van der Waals surface area contributed by atoms with Gasteiger partial charge in [-0.15, -0.1) is 11.8 Å². The molecule has 1 aromatic carbocycles. The SMILES string of the molecule is O=C(O)CSCCNC(=O)Cc1c[nH]c2cc(F)ccc12. The zero-order valence-electron chi connectivity index (χ0n) is 11.2. The summed E-state index contributed by atoms with van der Waals surface area (Å²) in [4.78, 5) is 25.0. The first-order valence-electron chi connectivity index (χ1n) is 6.38. The van der Waals surface area contributed by atoms with Crippen LogP contribution >= 0.6 is 11.8 Å². The molecule has 0 atom stereocenters. The second-order valence-corrected chi connectivity index (χ2v) is 5.58. The summed E-state index contributed by atoms with van der Waals surface area (Å²) in [5.41, 5.74) is 1.47. The van der Waals surface area contributed by atoms with Gasteiger partial charge in [-0.1, -0.05) is 0 Å². The average molecular weight is 310 g/mol. The van der Waals surface area contributed by atoms with E-state index in [1.807, 2.05) is 0 Å². The molecule has 2 rings (SSSR count). The molecule has 0 radical (unpaired) electrons. The second-order valence-electron chi connectivity index (χ2n) is 4.48. The van der Waals surface area contributed by atoms with Gasteiger partial charge in [-0.05, 0) is 23.8 Å². The fraction of sp³-hybridized carbons (Fsp3) is 0.286. The summed E-state index contributed by atoms with van der Waals surface area (Å²) in [6, 6.07) is 4.39. The molecule has 5 nitrogen and oxygen atoms in total. The zero-order valence-corrected chi connectivity index (χ0v) is 12.0. The lowest BCUT2D eigenvalue weighted by atomic mass is 10.1. The topological polar surface area (TPSA) is 82.2 Å². The number of halogens is 1. The molecule has 0 aliphatic carbocycles. The monoisotopic (exact) mass is 310 g/mol. The molecule has 0 aliphatic heterocycles. The summed E-state index contributed by atoms with van der Waals surface area (Å²) in [6.45, 7) is 0.424. The standard InChI is InChI=1S/C14H15FN2O3S/c15-10-1-2-11-9(7-17-12(11)6-10)5-13(18)16-3-4-21-8-14(19)20/h1-2,6-7,17H,3-5,8H2,(H,16,18)(H,19,20). The van der Waals surface area contributed by atoms with Crippen molar-refractivity contribution in [2.75, 3.05) is 18.1 Å². The highest BCUT2D eigenvalue weighted by atomic mass is 32.2. The lowest BCUT2D eigenvalue weighted by molar-refractivity contribution is -0.133. The zero-order chi connectivity index (χ0) is 15.2. The Kier molecular flexibility index (Phi) is 5.21. The van der Waals surface area contributed by atoms with E-state index >= 15 is 0 Å². The van der Waals surface area contributed by atoms with E-state index in [0.717, 1.165) is 10.9 Å². The normalized spacial score (nSPS) is 10.7. The summed E-state index contributed by atoms with van der Waals surface area (Å²) < 4.78 is 13.1. The number of nitrogens with one attached hydrogen (secondary N) is 2. The van der Waals surface area contributed by atoms with E-state index in [1.165, 1.54) is 23.9 Å². The number of thioether (sulfide) groups is 1. The van der Waals surface area contributed by atoms with E-state index in [4.69, 9.17) is 5.11 Å². The van der Waals surface area contributed by atoms with Gasteiger partial charge in [-0.3, -0.25) is 9.59 Å². The number of amides is 1. The first-order valence-corrected chi connectivity index (χ1v) is 7.53. The number of carboxylic acids is 1. The van der Waals surface area contributed by atoms with Crippen LogP contribution < -0.4 is 5.32 Å². The number of rotatable bonds is 7. The van der Waals surface area contributed by atoms with Gasteiger partial charge in [0.25, 0.3) is 0 Å². The van der Waals surface area contributed by atoms with Crippen LogP contribution in [0.5, 0.6) is 0 Å². The molecule has 112 valence electrons. The minimum atomic E-state index is -0.864. The number of carboxylic acid groups (broad SMARTS) is 1. The number of benzene rings is 1. The van der Waals surface area contributed by atoms with Crippen molar-refractivity contribution < 1.29 is 19.1 Å². The number of carbonyl (C=O) groups is 2. The van der Waals surface area contributed by atoms with Crippen molar-refractivity contribution in [2.45, 2.75) is 6.42 Å². The van der Waals surface area contributed by atoms with Crippen LogP contribution in [0.1, 0.15) is 5.56 Å². The summed E-state index contributed by atoms with van der Waals surface area (Å²) in [7, 11) is 0. The molecule has 0 saturated carbocycles. The molecule has 1 amide bonds. The van der Waals surface area contributed by atoms with Gasteiger partial charge < -0.3 is 15.4 Å². The van der Waals surface area contributed by atoms with Crippen LogP contribution in [0, 0.1) is 5.82 Å². The van der Waals surface area contributed by atoms with Crippen LogP contribution in [0.3, 0.4) is 0 Å². The third-order valence-electron chi connectivity index (χ3n) is 2.87. The molecule has 1 aromatic heterocycles. The molecule has 0 aliphatic rings. The Morgan fingerprint density at radius 3 is 2.95 bits per heavy atom. The minimum absolute atomic E-state index is 0.0316. The maximum Gasteiger partial charge on any atom is 0.313 e. The first kappa shape index (κ1) is 15.4. The maximum atomic E-state index is 13.1. The third-order valence-corrected chi connectivity index (χ3v) is 3.82. The predicted octanol–water partition coefficient (Wildman–Crippen LogP) is 1.78. The van der Waals surface area contributed by atoms with Crippen LogP contribution in [0.15, 0.2) is 24.4 Å². The van der Waals surface area contributed by atoms with Crippen LogP contribution in [-0.4, -0.2) is 40.0 Å². The average Bonchev–Trinajstić information content (AvgIpc) is 2.80. The van der Waals surface area contributed by atoms with Crippen LogP contribution in [0.2, 0.25) is 0 Å². The van der Waals surface area contributed by atoms with Gasteiger partial charge in [-0.2, -0.15) is 0 Å². The fourth-order valence-electron chi connectivity index (χ4n) is 1.96. The van der Waals surface area contributed by atoms with E-state index in [1.54, 1.807) is 12.3 Å². The predicted molar refractivity (Wildman–Crippen MR) is 79.9 cm³/mol. The number of aromatic nitrogens is 1. The quantitative estimate of drug-likeness (QED) is 0.681. The Labute approximate surface area is 124 Å². The van der Waals surface area contributed by atoms with Crippen LogP contribution in [-0.2, 0) is 16.0 Å². The third kappa shape index (κ3) is 4.49. The van der Waals surface area contributed by atoms with Crippen molar-refractivity contribution in [3.63, 3.8) is 0 Å². The number of hydrogen-bond donors (Lipinski definition) is 3. The number of H-pyrrole nitrogens is 1. The van der Waals surface area contributed by atoms with Gasteiger partial charge in [0.2, 0.25) is 5.91 Å². The summed E-state index contributed by atoms with van der Waals surface area (Å²) >= 11 is 1.25. The highest BCUT2D eigenvalue weighted by molar-refractivity contribution is 7.99. The molecule has 21 heavy (non-hydrogen) atoms. The van der Waals surface area contributed by atoms with Gasteiger partial charge in [0.15, 0.2) is 0 Å². The molecular formula is C14H15FN2O3S. The lowest BCUT2D eigenvalue weighted by Crippen LogP contribution is -2.27. The summed E-state index contributed by atoms with van der Waals surface area (Å²) in [5, 5.41) is 12.0. The van der Waals surface area contributed by atoms with E-state index < -0.39 is 5.97 Å². The highest BCUT2D eigenvalue weighted by Crippen LogP contribution is 2.19. The van der Waals surface area contributed by atoms with Crippen molar-refractivity contribution in [1.82, 2.24) is 10.3 Å². The molecule has 0 bridgehead atoms. The van der Waals surface area contributed by atoms with Crippen molar-refractivity contribution in [3.8, 4) is 0 Å². The number of aromatic amines is 1. The van der Waals surface area contributed by atoms with Crippen molar-refractivity contribution in [1.29, 1.82) is 0 Å². The van der Waals surface area contributed by atoms with Gasteiger partial charge in [0.1, 0.15) is 5.82 Å². The summed E-state index contributed by atoms with van der Waals surface area (Å²) in [5.74, 6) is -0.745. The number of aliphatic carboxylic acids is 1. The smallest absolute Gasteiger partial charge is 0.313 e. The molecule has 0 saturated heterocycles. The van der Waals surface area contributed by atoms with Crippen molar-refractivity contribution in [2.24, 2.45) is 0 Å². The molecule has 3 N–H and O–H groups in total. The van der Waals surface area contributed by atoms with E-state index in [2.05, 4.69) is 10.3 Å². The van der Waals surface area contributed by atoms with E-state index in [9.17, 15) is 14.0 Å². The Hall–Kier alpha value is -2.02. The van der Waals surface area contributed by atoms with Crippen LogP contribution in [0.25, 0.3) is 10.9 Å². The fourth-order valence-corrected chi connectivity index (χ4v) is 2.53. The maximum absolute atomic E-state index is 13.1. The van der Waals surface area contributed by atoms with Gasteiger partial charge in [0, 0.05) is 29.4 Å². The summed E-state index contributed by atoms with van der Waals surface area (Å²) in [6.07, 6.45) is 1.90. The van der Waals surface area contributed by atoms with Gasteiger partial charge >= 0.3 is 5.97 Å². The molecule has 0 unspecified atom stereocenters. The molecular weight excluding hydrogens is 295 g/mol. The van der Waals surface area contributed by atoms with E-state index in [0.29, 0.717) is 17.8 Å². The Balaban J connectivity index is 1.83. The minimum Gasteiger partial charge on any atom is -0.481 e. The Bertz CT molecular complexity index is 657. The van der Waals surface area contributed by atoms with Crippen molar-refractivity contribution >= 4 is 34.5 Å². The molecule has 0 spiro atoms.